The first-order valence-corrected chi connectivity index (χ1v) is 13.2. The van der Waals surface area contributed by atoms with Crippen LogP contribution >= 0.6 is 0 Å². The minimum absolute atomic E-state index is 0.0331. The average molecular weight is 619 g/mol. The van der Waals surface area contributed by atoms with Crippen molar-refractivity contribution in [3.63, 3.8) is 0 Å². The molecule has 2 aromatic carbocycles. The molecule has 15 heteroatoms. The maximum absolute atomic E-state index is 12.9. The lowest BCUT2D eigenvalue weighted by Gasteiger charge is -2.43. The first kappa shape index (κ1) is 31.9. The molecule has 44 heavy (non-hydrogen) atoms. The number of rotatable bonds is 8. The highest BCUT2D eigenvalue weighted by Gasteiger charge is 2.56. The van der Waals surface area contributed by atoms with Crippen molar-refractivity contribution in [2.45, 2.75) is 64.0 Å². The van der Waals surface area contributed by atoms with Gasteiger partial charge in [-0.05, 0) is 17.7 Å². The third kappa shape index (κ3) is 6.78. The van der Waals surface area contributed by atoms with Gasteiger partial charge in [0.2, 0.25) is 12.4 Å². The minimum Gasteiger partial charge on any atom is -0.508 e. The number of phenols is 2. The van der Waals surface area contributed by atoms with Crippen molar-refractivity contribution in [1.82, 2.24) is 0 Å². The summed E-state index contributed by atoms with van der Waals surface area (Å²) in [5.41, 5.74) is 0.317. The van der Waals surface area contributed by atoms with Crippen LogP contribution in [0.1, 0.15) is 49.2 Å². The average Bonchev–Trinajstić information content (AvgIpc) is 2.94. The van der Waals surface area contributed by atoms with Crippen LogP contribution in [0.15, 0.2) is 30.3 Å². The van der Waals surface area contributed by atoms with Crippen LogP contribution in [-0.4, -0.2) is 84.8 Å². The van der Waals surface area contributed by atoms with Crippen LogP contribution in [-0.2, 0) is 42.9 Å². The number of ketones is 1. The molecule has 0 aliphatic carbocycles. The lowest BCUT2D eigenvalue weighted by atomic mass is 9.95. The Kier molecular flexibility index (Phi) is 9.47. The van der Waals surface area contributed by atoms with Gasteiger partial charge in [-0.1, -0.05) is 6.07 Å². The van der Waals surface area contributed by atoms with E-state index < -0.39 is 72.2 Å². The van der Waals surface area contributed by atoms with E-state index in [4.69, 9.17) is 37.9 Å². The van der Waals surface area contributed by atoms with Crippen LogP contribution in [0.4, 0.5) is 0 Å². The molecular weight excluding hydrogens is 588 g/mol. The minimum atomic E-state index is -1.68. The molecule has 2 N–H and O–H groups in total. The van der Waals surface area contributed by atoms with Crippen molar-refractivity contribution < 1.29 is 72.1 Å². The molecule has 15 nitrogen and oxygen atoms in total. The summed E-state index contributed by atoms with van der Waals surface area (Å²) in [6.45, 7) is 3.18. The van der Waals surface area contributed by atoms with Crippen LogP contribution in [0.3, 0.4) is 0 Å². The lowest BCUT2D eigenvalue weighted by Crippen LogP contribution is -2.64. The molecule has 0 amide bonds. The second-order valence-corrected chi connectivity index (χ2v) is 9.77. The Morgan fingerprint density at radius 1 is 0.841 bits per heavy atom. The van der Waals surface area contributed by atoms with Gasteiger partial charge in [0, 0.05) is 32.9 Å². The standard InChI is InChI=1S/C29H30O15/c1-12(30)39-24-25(40-13(2)31)27(41-14(3)32)29(44-26(24)28(36)38-5)43-21-8-15(6-7-19(21)37-4)20-11-18(35)23-17(34)9-16(33)10-22(23)42-20/h6-10,20,24-27,29,33-34H,11H2,1-5H3/t20-,24-,25-,26-,27+,29+/m0/s1. The highest BCUT2D eigenvalue weighted by Crippen LogP contribution is 2.43. The number of hydrogen-bond acceptors (Lipinski definition) is 15. The van der Waals surface area contributed by atoms with E-state index in [0.717, 1.165) is 33.9 Å². The van der Waals surface area contributed by atoms with Crippen molar-refractivity contribution in [3.8, 4) is 28.7 Å². The zero-order valence-corrected chi connectivity index (χ0v) is 24.3. The summed E-state index contributed by atoms with van der Waals surface area (Å²) in [6, 6.07) is 6.73. The van der Waals surface area contributed by atoms with E-state index in [1.54, 1.807) is 6.07 Å². The molecule has 0 radical (unpaired) electrons. The van der Waals surface area contributed by atoms with Gasteiger partial charge < -0.3 is 48.1 Å². The van der Waals surface area contributed by atoms with E-state index in [1.807, 2.05) is 0 Å². The lowest BCUT2D eigenvalue weighted by molar-refractivity contribution is -0.282. The number of aromatic hydroxyl groups is 2. The van der Waals surface area contributed by atoms with Crippen LogP contribution in [0, 0.1) is 0 Å². The zero-order chi connectivity index (χ0) is 32.3. The number of hydrogen-bond donors (Lipinski definition) is 2. The summed E-state index contributed by atoms with van der Waals surface area (Å²) < 4.78 is 44.0. The van der Waals surface area contributed by atoms with E-state index in [9.17, 15) is 34.2 Å². The van der Waals surface area contributed by atoms with Gasteiger partial charge in [0.1, 0.15) is 28.9 Å². The Balaban J connectivity index is 1.74. The fraction of sp³-hybridized carbons (Fsp3) is 0.414. The fourth-order valence-corrected chi connectivity index (χ4v) is 4.90. The molecule has 2 aliphatic heterocycles. The smallest absolute Gasteiger partial charge is 0.339 e. The van der Waals surface area contributed by atoms with Crippen molar-refractivity contribution in [1.29, 1.82) is 0 Å². The Hall–Kier alpha value is -5.05. The van der Waals surface area contributed by atoms with Crippen molar-refractivity contribution in [2.24, 2.45) is 0 Å². The van der Waals surface area contributed by atoms with Gasteiger partial charge in [0.15, 0.2) is 35.6 Å². The SMILES string of the molecule is COC(=O)[C@H]1O[C@@H](Oc2cc([C@@H]3CC(=O)c4c(O)cc(O)cc4O3)ccc2OC)[C@H](OC(C)=O)[C@@H](OC(C)=O)[C@@H]1OC(C)=O. The van der Waals surface area contributed by atoms with Crippen molar-refractivity contribution in [2.75, 3.05) is 14.2 Å². The summed E-state index contributed by atoms with van der Waals surface area (Å²) in [7, 11) is 2.40. The number of carbonyl (C=O) groups is 5. The summed E-state index contributed by atoms with van der Waals surface area (Å²) in [4.78, 5) is 61.7. The molecule has 0 spiro atoms. The van der Waals surface area contributed by atoms with Gasteiger partial charge >= 0.3 is 23.9 Å². The molecule has 236 valence electrons. The molecule has 0 bridgehead atoms. The van der Waals surface area contributed by atoms with Crippen LogP contribution in [0.5, 0.6) is 28.7 Å². The molecule has 2 aromatic rings. The summed E-state index contributed by atoms with van der Waals surface area (Å²) in [5, 5.41) is 20.0. The number of esters is 4. The molecule has 0 saturated carbocycles. The number of carbonyl (C=O) groups excluding carboxylic acids is 5. The Bertz CT molecular complexity index is 1470. The summed E-state index contributed by atoms with van der Waals surface area (Å²) >= 11 is 0. The molecule has 6 atom stereocenters. The third-order valence-electron chi connectivity index (χ3n) is 6.62. The quantitative estimate of drug-likeness (QED) is 0.321. The number of benzene rings is 2. The number of Topliss-reactive ketones (excluding diaryl/α,β-unsaturated/α-hetero) is 1. The maximum atomic E-state index is 12.9. The van der Waals surface area contributed by atoms with E-state index in [1.165, 1.54) is 25.3 Å². The monoisotopic (exact) mass is 618 g/mol. The topological polar surface area (TPSA) is 200 Å². The highest BCUT2D eigenvalue weighted by molar-refractivity contribution is 6.02. The van der Waals surface area contributed by atoms with E-state index in [-0.39, 0.29) is 35.0 Å². The van der Waals surface area contributed by atoms with E-state index >= 15 is 0 Å². The van der Waals surface area contributed by atoms with Gasteiger partial charge in [-0.2, -0.15) is 0 Å². The first-order valence-electron chi connectivity index (χ1n) is 13.2. The molecule has 2 aliphatic rings. The van der Waals surface area contributed by atoms with Crippen LogP contribution in [0.2, 0.25) is 0 Å². The molecule has 0 aromatic heterocycles. The Morgan fingerprint density at radius 2 is 1.48 bits per heavy atom. The molecule has 1 saturated heterocycles. The van der Waals surface area contributed by atoms with Crippen LogP contribution < -0.4 is 14.2 Å². The van der Waals surface area contributed by atoms with Gasteiger partial charge in [0.25, 0.3) is 0 Å². The van der Waals surface area contributed by atoms with Gasteiger partial charge in [-0.25, -0.2) is 4.79 Å². The number of methoxy groups -OCH3 is 2. The zero-order valence-electron chi connectivity index (χ0n) is 24.3. The Morgan fingerprint density at radius 3 is 2.09 bits per heavy atom. The number of fused-ring (bicyclic) bond motifs is 1. The summed E-state index contributed by atoms with van der Waals surface area (Å²) in [6.07, 6.45) is -9.16. The van der Waals surface area contributed by atoms with Crippen LogP contribution in [0.25, 0.3) is 0 Å². The second-order valence-electron chi connectivity index (χ2n) is 9.77. The fourth-order valence-electron chi connectivity index (χ4n) is 4.90. The normalized spacial score (nSPS) is 24.2. The van der Waals surface area contributed by atoms with Gasteiger partial charge in [0.05, 0.1) is 20.6 Å². The molecule has 2 heterocycles. The summed E-state index contributed by atoms with van der Waals surface area (Å²) in [5.74, 6) is -4.69. The number of ether oxygens (including phenoxy) is 8. The molecular formula is C29H30O15. The van der Waals surface area contributed by atoms with Gasteiger partial charge in [-0.15, -0.1) is 0 Å². The first-order chi connectivity index (χ1) is 20.8. The largest absolute Gasteiger partial charge is 0.508 e. The Labute approximate surface area is 250 Å². The maximum Gasteiger partial charge on any atom is 0.339 e. The molecule has 0 unspecified atom stereocenters. The van der Waals surface area contributed by atoms with E-state index in [0.29, 0.717) is 5.56 Å². The second kappa shape index (κ2) is 13.1. The predicted octanol–water partition coefficient (Wildman–Crippen LogP) is 1.88. The molecule has 1 fully saturated rings. The van der Waals surface area contributed by atoms with E-state index in [2.05, 4.69) is 0 Å². The number of phenolic OH excluding ortho intramolecular Hbond substituents is 2. The highest BCUT2D eigenvalue weighted by atomic mass is 16.7. The van der Waals surface area contributed by atoms with Gasteiger partial charge in [-0.3, -0.25) is 19.2 Å². The molecule has 4 rings (SSSR count). The third-order valence-corrected chi connectivity index (χ3v) is 6.62. The van der Waals surface area contributed by atoms with Crippen molar-refractivity contribution in [3.05, 3.63) is 41.5 Å². The predicted molar refractivity (Wildman–Crippen MR) is 143 cm³/mol. The van der Waals surface area contributed by atoms with Crippen molar-refractivity contribution >= 4 is 29.7 Å².